The number of hydrogen-bond acceptors (Lipinski definition) is 2. The molecule has 2 rings (SSSR count). The van der Waals surface area contributed by atoms with E-state index < -0.39 is 0 Å². The normalized spacial score (nSPS) is 21.6. The molecule has 1 aromatic carbocycles. The standard InChI is InChI=1S/C14H19ClN2S/c1-10(2)7-13-9-18-14(17-13)16-8-11-3-5-12(15)6-4-11/h3-6,10,13H,7-9H2,1-2H3,(H,16,17). The highest BCUT2D eigenvalue weighted by molar-refractivity contribution is 8.14. The van der Waals surface area contributed by atoms with Crippen LogP contribution in [0.4, 0.5) is 0 Å². The van der Waals surface area contributed by atoms with Gasteiger partial charge in [-0.2, -0.15) is 0 Å². The summed E-state index contributed by atoms with van der Waals surface area (Å²) in [6.07, 6.45) is 1.22. The molecule has 1 aliphatic rings. The topological polar surface area (TPSA) is 24.4 Å². The van der Waals surface area contributed by atoms with Crippen molar-refractivity contribution in [1.82, 2.24) is 5.32 Å². The fourth-order valence-electron chi connectivity index (χ4n) is 1.98. The zero-order valence-corrected chi connectivity index (χ0v) is 12.4. The Bertz CT molecular complexity index is 414. The van der Waals surface area contributed by atoms with E-state index in [0.29, 0.717) is 6.04 Å². The van der Waals surface area contributed by atoms with Crippen LogP contribution in [0.1, 0.15) is 25.8 Å². The molecule has 0 aromatic heterocycles. The molecule has 1 fully saturated rings. The largest absolute Gasteiger partial charge is 0.361 e. The Hall–Kier alpha value is -0.670. The monoisotopic (exact) mass is 282 g/mol. The molecule has 1 aromatic rings. The van der Waals surface area contributed by atoms with Gasteiger partial charge in [0.1, 0.15) is 0 Å². The Morgan fingerprint density at radius 1 is 1.39 bits per heavy atom. The lowest BCUT2D eigenvalue weighted by molar-refractivity contribution is 0.502. The summed E-state index contributed by atoms with van der Waals surface area (Å²) in [6, 6.07) is 8.45. The number of nitrogens with one attached hydrogen (secondary N) is 1. The van der Waals surface area contributed by atoms with Crippen molar-refractivity contribution in [3.63, 3.8) is 0 Å². The Kier molecular flexibility index (Phi) is 4.95. The van der Waals surface area contributed by atoms with Crippen LogP contribution >= 0.6 is 23.4 Å². The maximum atomic E-state index is 5.85. The minimum absolute atomic E-state index is 0.582. The molecule has 1 atom stereocenters. The fourth-order valence-corrected chi connectivity index (χ4v) is 3.09. The third kappa shape index (κ3) is 4.21. The number of benzene rings is 1. The van der Waals surface area contributed by atoms with E-state index in [1.54, 1.807) is 0 Å². The van der Waals surface area contributed by atoms with Crippen LogP contribution in [0.3, 0.4) is 0 Å². The lowest BCUT2D eigenvalue weighted by atomic mass is 10.1. The van der Waals surface area contributed by atoms with E-state index >= 15 is 0 Å². The average molecular weight is 283 g/mol. The van der Waals surface area contributed by atoms with Gasteiger partial charge < -0.3 is 5.32 Å². The van der Waals surface area contributed by atoms with Crippen LogP contribution in [0.2, 0.25) is 5.02 Å². The first-order valence-electron chi connectivity index (χ1n) is 6.31. The Balaban J connectivity index is 1.85. The van der Waals surface area contributed by atoms with Crippen LogP contribution in [0, 0.1) is 5.92 Å². The molecule has 1 heterocycles. The molecule has 0 saturated carbocycles. The van der Waals surface area contributed by atoms with Gasteiger partial charge in [-0.05, 0) is 30.0 Å². The number of aliphatic imine (C=N–C) groups is 1. The van der Waals surface area contributed by atoms with Gasteiger partial charge in [-0.1, -0.05) is 49.3 Å². The van der Waals surface area contributed by atoms with Crippen molar-refractivity contribution < 1.29 is 0 Å². The second-order valence-corrected chi connectivity index (χ2v) is 6.47. The second-order valence-electron chi connectivity index (χ2n) is 5.03. The van der Waals surface area contributed by atoms with Crippen LogP contribution < -0.4 is 5.32 Å². The molecule has 0 bridgehead atoms. The van der Waals surface area contributed by atoms with E-state index in [0.717, 1.165) is 28.4 Å². The van der Waals surface area contributed by atoms with Crippen LogP contribution in [-0.2, 0) is 6.54 Å². The summed E-state index contributed by atoms with van der Waals surface area (Å²) >= 11 is 7.68. The Morgan fingerprint density at radius 2 is 2.11 bits per heavy atom. The van der Waals surface area contributed by atoms with Gasteiger partial charge >= 0.3 is 0 Å². The number of hydrogen-bond donors (Lipinski definition) is 1. The lowest BCUT2D eigenvalue weighted by Crippen LogP contribution is -2.28. The maximum Gasteiger partial charge on any atom is 0.157 e. The molecule has 1 saturated heterocycles. The van der Waals surface area contributed by atoms with Crippen molar-refractivity contribution in [2.45, 2.75) is 32.9 Å². The summed E-state index contributed by atoms with van der Waals surface area (Å²) in [7, 11) is 0. The molecule has 4 heteroatoms. The molecule has 18 heavy (non-hydrogen) atoms. The molecule has 1 N–H and O–H groups in total. The number of thioether (sulfide) groups is 1. The van der Waals surface area contributed by atoms with E-state index in [2.05, 4.69) is 24.2 Å². The SMILES string of the molecule is CC(C)CC1CSC(=NCc2ccc(Cl)cc2)N1. The molecule has 0 aliphatic carbocycles. The lowest BCUT2D eigenvalue weighted by Gasteiger charge is -2.11. The number of halogens is 1. The van der Waals surface area contributed by atoms with Gasteiger partial charge in [-0.25, -0.2) is 0 Å². The predicted molar refractivity (Wildman–Crippen MR) is 81.4 cm³/mol. The Morgan fingerprint density at radius 3 is 2.78 bits per heavy atom. The van der Waals surface area contributed by atoms with Gasteiger partial charge in [0.05, 0.1) is 6.54 Å². The smallest absolute Gasteiger partial charge is 0.157 e. The minimum atomic E-state index is 0.582. The van der Waals surface area contributed by atoms with Crippen LogP contribution in [0.5, 0.6) is 0 Å². The summed E-state index contributed by atoms with van der Waals surface area (Å²) in [6.45, 7) is 5.24. The van der Waals surface area contributed by atoms with Crippen molar-refractivity contribution in [1.29, 1.82) is 0 Å². The zero-order chi connectivity index (χ0) is 13.0. The summed E-state index contributed by atoms with van der Waals surface area (Å²) in [5, 5.41) is 5.34. The molecule has 2 nitrogen and oxygen atoms in total. The van der Waals surface area contributed by atoms with E-state index in [4.69, 9.17) is 11.6 Å². The number of nitrogens with zero attached hydrogens (tertiary/aromatic N) is 1. The van der Waals surface area contributed by atoms with E-state index in [1.807, 2.05) is 36.0 Å². The average Bonchev–Trinajstić information content (AvgIpc) is 2.75. The van der Waals surface area contributed by atoms with Gasteiger partial charge in [0.15, 0.2) is 5.17 Å². The van der Waals surface area contributed by atoms with Crippen molar-refractivity contribution in [3.05, 3.63) is 34.9 Å². The first-order valence-corrected chi connectivity index (χ1v) is 7.68. The summed E-state index contributed by atoms with van der Waals surface area (Å²) in [5.74, 6) is 1.87. The minimum Gasteiger partial charge on any atom is -0.361 e. The van der Waals surface area contributed by atoms with Gasteiger partial charge in [0.2, 0.25) is 0 Å². The highest BCUT2D eigenvalue weighted by Gasteiger charge is 2.20. The van der Waals surface area contributed by atoms with E-state index in [-0.39, 0.29) is 0 Å². The third-order valence-corrected chi connectivity index (χ3v) is 4.16. The Labute approximate surface area is 118 Å². The first-order chi connectivity index (χ1) is 8.63. The molecule has 98 valence electrons. The summed E-state index contributed by atoms with van der Waals surface area (Å²) in [4.78, 5) is 4.61. The van der Waals surface area contributed by atoms with Crippen molar-refractivity contribution in [3.8, 4) is 0 Å². The maximum absolute atomic E-state index is 5.85. The molecular weight excluding hydrogens is 264 g/mol. The third-order valence-electron chi connectivity index (χ3n) is 2.82. The van der Waals surface area contributed by atoms with Crippen LogP contribution in [-0.4, -0.2) is 17.0 Å². The molecule has 0 amide bonds. The van der Waals surface area contributed by atoms with Gasteiger partial charge in [-0.15, -0.1) is 0 Å². The fraction of sp³-hybridized carbons (Fsp3) is 0.500. The van der Waals surface area contributed by atoms with E-state index in [9.17, 15) is 0 Å². The van der Waals surface area contributed by atoms with Gasteiger partial charge in [0.25, 0.3) is 0 Å². The predicted octanol–water partition coefficient (Wildman–Crippen LogP) is 3.95. The summed E-state index contributed by atoms with van der Waals surface area (Å²) < 4.78 is 0. The van der Waals surface area contributed by atoms with Crippen LogP contribution in [0.15, 0.2) is 29.3 Å². The number of rotatable bonds is 4. The zero-order valence-electron chi connectivity index (χ0n) is 10.8. The molecular formula is C14H19ClN2S. The number of amidine groups is 1. The highest BCUT2D eigenvalue weighted by atomic mass is 35.5. The molecule has 1 unspecified atom stereocenters. The first kappa shape index (κ1) is 13.8. The molecule has 0 spiro atoms. The van der Waals surface area contributed by atoms with Crippen LogP contribution in [0.25, 0.3) is 0 Å². The second kappa shape index (κ2) is 6.48. The molecule has 0 radical (unpaired) electrons. The molecule has 1 aliphatic heterocycles. The van der Waals surface area contributed by atoms with Crippen molar-refractivity contribution >= 4 is 28.5 Å². The summed E-state index contributed by atoms with van der Waals surface area (Å²) in [5.41, 5.74) is 1.20. The highest BCUT2D eigenvalue weighted by Crippen LogP contribution is 2.19. The van der Waals surface area contributed by atoms with Gasteiger partial charge in [-0.3, -0.25) is 4.99 Å². The quantitative estimate of drug-likeness (QED) is 0.904. The van der Waals surface area contributed by atoms with Crippen molar-refractivity contribution in [2.75, 3.05) is 5.75 Å². The van der Waals surface area contributed by atoms with E-state index in [1.165, 1.54) is 12.0 Å². The van der Waals surface area contributed by atoms with Crippen molar-refractivity contribution in [2.24, 2.45) is 10.9 Å². The van der Waals surface area contributed by atoms with Gasteiger partial charge in [0, 0.05) is 16.8 Å².